The highest BCUT2D eigenvalue weighted by Gasteiger charge is 2.22. The van der Waals surface area contributed by atoms with E-state index in [0.29, 0.717) is 31.1 Å². The number of fused-ring (bicyclic) bond motifs is 1. The summed E-state index contributed by atoms with van der Waals surface area (Å²) in [4.78, 5) is 25.0. The van der Waals surface area contributed by atoms with E-state index in [1.807, 2.05) is 12.1 Å². The second-order valence-electron chi connectivity index (χ2n) is 4.84. The Kier molecular flexibility index (Phi) is 5.42. The Balaban J connectivity index is 1.96. The van der Waals surface area contributed by atoms with Crippen LogP contribution in [0.4, 0.5) is 0 Å². The average Bonchev–Trinajstić information content (AvgIpc) is 2.46. The van der Waals surface area contributed by atoms with E-state index in [0.717, 1.165) is 16.5 Å². The van der Waals surface area contributed by atoms with E-state index in [9.17, 15) is 9.59 Å². The van der Waals surface area contributed by atoms with Gasteiger partial charge in [-0.1, -0.05) is 34.1 Å². The number of halogens is 2. The van der Waals surface area contributed by atoms with Crippen molar-refractivity contribution in [3.05, 3.63) is 45.4 Å². The zero-order valence-corrected chi connectivity index (χ0v) is 13.8. The SMILES string of the molecule is C=CC(=O)NCCC(=O)N1CCc2cc(Cl)cc(Br)c2C1. The number of rotatable bonds is 4. The molecule has 1 heterocycles. The van der Waals surface area contributed by atoms with Gasteiger partial charge in [-0.25, -0.2) is 0 Å². The first-order valence-electron chi connectivity index (χ1n) is 6.66. The van der Waals surface area contributed by atoms with E-state index in [1.54, 1.807) is 4.90 Å². The predicted octanol–water partition coefficient (Wildman–Crippen LogP) is 2.68. The average molecular weight is 372 g/mol. The van der Waals surface area contributed by atoms with Gasteiger partial charge in [-0.05, 0) is 35.8 Å². The maximum Gasteiger partial charge on any atom is 0.243 e. The first kappa shape index (κ1) is 16.0. The first-order valence-corrected chi connectivity index (χ1v) is 7.83. The van der Waals surface area contributed by atoms with Crippen LogP contribution in [0.15, 0.2) is 29.3 Å². The van der Waals surface area contributed by atoms with Crippen molar-refractivity contribution in [2.75, 3.05) is 13.1 Å². The van der Waals surface area contributed by atoms with Crippen LogP contribution in [0.5, 0.6) is 0 Å². The molecule has 0 fully saturated rings. The maximum atomic E-state index is 12.2. The molecule has 0 radical (unpaired) electrons. The molecule has 1 aromatic rings. The Hall–Kier alpha value is -1.33. The third-order valence-electron chi connectivity index (χ3n) is 3.43. The smallest absolute Gasteiger partial charge is 0.243 e. The van der Waals surface area contributed by atoms with Crippen molar-refractivity contribution in [3.8, 4) is 0 Å². The second kappa shape index (κ2) is 7.09. The number of nitrogens with zero attached hydrogens (tertiary/aromatic N) is 1. The molecular formula is C15H16BrClN2O2. The molecular weight excluding hydrogens is 356 g/mol. The van der Waals surface area contributed by atoms with E-state index in [-0.39, 0.29) is 11.8 Å². The molecule has 0 atom stereocenters. The minimum Gasteiger partial charge on any atom is -0.352 e. The summed E-state index contributed by atoms with van der Waals surface area (Å²) in [5, 5.41) is 3.31. The van der Waals surface area contributed by atoms with Crippen LogP contribution < -0.4 is 5.32 Å². The highest BCUT2D eigenvalue weighted by Crippen LogP contribution is 2.30. The lowest BCUT2D eigenvalue weighted by Gasteiger charge is -2.30. The van der Waals surface area contributed by atoms with E-state index < -0.39 is 0 Å². The number of carbonyl (C=O) groups excluding carboxylic acids is 2. The van der Waals surface area contributed by atoms with Crippen LogP contribution in [0.1, 0.15) is 17.5 Å². The minimum atomic E-state index is -0.260. The van der Waals surface area contributed by atoms with Gasteiger partial charge in [0.15, 0.2) is 0 Å². The van der Waals surface area contributed by atoms with Crippen molar-refractivity contribution in [2.24, 2.45) is 0 Å². The summed E-state index contributed by atoms with van der Waals surface area (Å²) in [5.41, 5.74) is 2.28. The number of hydrogen-bond donors (Lipinski definition) is 1. The number of hydrogen-bond acceptors (Lipinski definition) is 2. The molecule has 2 rings (SSSR count). The van der Waals surface area contributed by atoms with E-state index in [2.05, 4.69) is 27.8 Å². The molecule has 21 heavy (non-hydrogen) atoms. The van der Waals surface area contributed by atoms with Gasteiger partial charge in [0.25, 0.3) is 0 Å². The summed E-state index contributed by atoms with van der Waals surface area (Å²) in [5.74, 6) is -0.226. The minimum absolute atomic E-state index is 0.0341. The number of amides is 2. The van der Waals surface area contributed by atoms with Crippen molar-refractivity contribution in [1.29, 1.82) is 0 Å². The van der Waals surface area contributed by atoms with Gasteiger partial charge < -0.3 is 10.2 Å². The van der Waals surface area contributed by atoms with Crippen molar-refractivity contribution < 1.29 is 9.59 Å². The topological polar surface area (TPSA) is 49.4 Å². The molecule has 1 aromatic carbocycles. The van der Waals surface area contributed by atoms with Gasteiger partial charge in [-0.15, -0.1) is 0 Å². The fraction of sp³-hybridized carbons (Fsp3) is 0.333. The summed E-state index contributed by atoms with van der Waals surface area (Å²) >= 11 is 9.53. The standard InChI is InChI=1S/C15H16BrClN2O2/c1-2-14(20)18-5-3-15(21)19-6-4-10-7-11(17)8-13(16)12(10)9-19/h2,7-8H,1,3-6,9H2,(H,18,20). The van der Waals surface area contributed by atoms with Crippen LogP contribution in [0, 0.1) is 0 Å². The highest BCUT2D eigenvalue weighted by molar-refractivity contribution is 9.10. The Morgan fingerprint density at radius 1 is 1.48 bits per heavy atom. The molecule has 2 amide bonds. The van der Waals surface area contributed by atoms with Gasteiger partial charge in [-0.3, -0.25) is 9.59 Å². The highest BCUT2D eigenvalue weighted by atomic mass is 79.9. The zero-order chi connectivity index (χ0) is 15.4. The van der Waals surface area contributed by atoms with E-state index in [1.165, 1.54) is 11.6 Å². The monoisotopic (exact) mass is 370 g/mol. The summed E-state index contributed by atoms with van der Waals surface area (Å²) in [7, 11) is 0. The fourth-order valence-electron chi connectivity index (χ4n) is 2.32. The Labute approximate surface area is 137 Å². The molecule has 0 saturated heterocycles. The molecule has 0 spiro atoms. The molecule has 4 nitrogen and oxygen atoms in total. The van der Waals surface area contributed by atoms with Crippen molar-refractivity contribution in [3.63, 3.8) is 0 Å². The third-order valence-corrected chi connectivity index (χ3v) is 4.35. The first-order chi connectivity index (χ1) is 10.0. The summed E-state index contributed by atoms with van der Waals surface area (Å²) < 4.78 is 0.933. The van der Waals surface area contributed by atoms with Crippen LogP contribution in [-0.2, 0) is 22.6 Å². The summed E-state index contributed by atoms with van der Waals surface area (Å²) in [6, 6.07) is 3.80. The van der Waals surface area contributed by atoms with Gasteiger partial charge in [0.1, 0.15) is 0 Å². The molecule has 1 aliphatic rings. The molecule has 0 saturated carbocycles. The van der Waals surface area contributed by atoms with E-state index in [4.69, 9.17) is 11.6 Å². The Morgan fingerprint density at radius 3 is 2.95 bits per heavy atom. The fourth-order valence-corrected chi connectivity index (χ4v) is 3.32. The van der Waals surface area contributed by atoms with Gasteiger partial charge in [0.05, 0.1) is 0 Å². The molecule has 0 unspecified atom stereocenters. The van der Waals surface area contributed by atoms with Crippen molar-refractivity contribution in [1.82, 2.24) is 10.2 Å². The molecule has 6 heteroatoms. The van der Waals surface area contributed by atoms with Gasteiger partial charge in [0.2, 0.25) is 11.8 Å². The zero-order valence-electron chi connectivity index (χ0n) is 11.5. The molecule has 0 bridgehead atoms. The lowest BCUT2D eigenvalue weighted by Crippen LogP contribution is -2.38. The summed E-state index contributed by atoms with van der Waals surface area (Å²) in [6.45, 7) is 4.94. The number of benzene rings is 1. The van der Waals surface area contributed by atoms with Crippen LogP contribution in [0.2, 0.25) is 5.02 Å². The Morgan fingerprint density at radius 2 is 2.24 bits per heavy atom. The van der Waals surface area contributed by atoms with Crippen LogP contribution >= 0.6 is 27.5 Å². The van der Waals surface area contributed by atoms with Crippen molar-refractivity contribution in [2.45, 2.75) is 19.4 Å². The Bertz CT molecular complexity index is 589. The van der Waals surface area contributed by atoms with Gasteiger partial charge in [0, 0.05) is 35.6 Å². The number of carbonyl (C=O) groups is 2. The molecule has 112 valence electrons. The quantitative estimate of drug-likeness (QED) is 0.827. The van der Waals surface area contributed by atoms with Gasteiger partial charge in [-0.2, -0.15) is 0 Å². The van der Waals surface area contributed by atoms with E-state index >= 15 is 0 Å². The largest absolute Gasteiger partial charge is 0.352 e. The van der Waals surface area contributed by atoms with Crippen LogP contribution in [-0.4, -0.2) is 29.8 Å². The summed E-state index contributed by atoms with van der Waals surface area (Å²) in [6.07, 6.45) is 2.28. The maximum absolute atomic E-state index is 12.2. The predicted molar refractivity (Wildman–Crippen MR) is 86.1 cm³/mol. The van der Waals surface area contributed by atoms with Gasteiger partial charge >= 0.3 is 0 Å². The normalized spacial score (nSPS) is 13.5. The van der Waals surface area contributed by atoms with Crippen LogP contribution in [0.25, 0.3) is 0 Å². The lowest BCUT2D eigenvalue weighted by molar-refractivity contribution is -0.132. The molecule has 0 aliphatic carbocycles. The molecule has 0 aromatic heterocycles. The molecule has 1 N–H and O–H groups in total. The number of nitrogens with one attached hydrogen (secondary N) is 1. The second-order valence-corrected chi connectivity index (χ2v) is 6.13. The third kappa shape index (κ3) is 4.08. The molecule has 1 aliphatic heterocycles. The van der Waals surface area contributed by atoms with Crippen molar-refractivity contribution >= 4 is 39.3 Å². The van der Waals surface area contributed by atoms with Crippen LogP contribution in [0.3, 0.4) is 0 Å². The lowest BCUT2D eigenvalue weighted by atomic mass is 9.99.